The maximum Gasteiger partial charge on any atom is 0.0355 e. The summed E-state index contributed by atoms with van der Waals surface area (Å²) in [5.74, 6) is 0. The molecule has 2 heteroatoms. The second-order valence-corrected chi connectivity index (χ2v) is 5.61. The van der Waals surface area contributed by atoms with Gasteiger partial charge in [-0.3, -0.25) is 4.90 Å². The SMILES string of the molecule is C=C(C)CCC(N)C(CC)(CC)N1CCCC1. The summed E-state index contributed by atoms with van der Waals surface area (Å²) >= 11 is 0. The van der Waals surface area contributed by atoms with Gasteiger partial charge in [-0.05, 0) is 58.5 Å². The second kappa shape index (κ2) is 6.55. The molecule has 1 aliphatic heterocycles. The van der Waals surface area contributed by atoms with Crippen molar-refractivity contribution in [2.45, 2.75) is 70.9 Å². The van der Waals surface area contributed by atoms with Crippen LogP contribution in [0.1, 0.15) is 59.3 Å². The monoisotopic (exact) mass is 238 g/mol. The number of hydrogen-bond donors (Lipinski definition) is 1. The summed E-state index contributed by atoms with van der Waals surface area (Å²) in [7, 11) is 0. The summed E-state index contributed by atoms with van der Waals surface area (Å²) < 4.78 is 0. The van der Waals surface area contributed by atoms with Crippen molar-refractivity contribution in [2.75, 3.05) is 13.1 Å². The average Bonchev–Trinajstić information content (AvgIpc) is 2.83. The predicted molar refractivity (Wildman–Crippen MR) is 76.1 cm³/mol. The largest absolute Gasteiger partial charge is 0.326 e. The number of nitrogens with zero attached hydrogens (tertiary/aromatic N) is 1. The molecular formula is C15H30N2. The summed E-state index contributed by atoms with van der Waals surface area (Å²) in [6.45, 7) is 13.2. The Hall–Kier alpha value is -0.340. The maximum absolute atomic E-state index is 6.52. The Bertz CT molecular complexity index is 237. The first-order valence-electron chi connectivity index (χ1n) is 7.21. The van der Waals surface area contributed by atoms with Crippen LogP contribution in [0.4, 0.5) is 0 Å². The molecule has 0 aliphatic carbocycles. The minimum Gasteiger partial charge on any atom is -0.326 e. The Morgan fingerprint density at radius 3 is 2.24 bits per heavy atom. The van der Waals surface area contributed by atoms with Crippen molar-refractivity contribution in [1.29, 1.82) is 0 Å². The third kappa shape index (κ3) is 3.32. The molecule has 0 aromatic heterocycles. The van der Waals surface area contributed by atoms with Crippen molar-refractivity contribution in [3.05, 3.63) is 12.2 Å². The van der Waals surface area contributed by atoms with Crippen LogP contribution < -0.4 is 5.73 Å². The summed E-state index contributed by atoms with van der Waals surface area (Å²) in [6, 6.07) is 0.285. The van der Waals surface area contributed by atoms with Crippen molar-refractivity contribution in [2.24, 2.45) is 5.73 Å². The van der Waals surface area contributed by atoms with Gasteiger partial charge in [-0.15, -0.1) is 6.58 Å². The molecule has 1 aliphatic rings. The van der Waals surface area contributed by atoms with Gasteiger partial charge >= 0.3 is 0 Å². The Morgan fingerprint density at radius 1 is 1.29 bits per heavy atom. The number of hydrogen-bond acceptors (Lipinski definition) is 2. The lowest BCUT2D eigenvalue weighted by molar-refractivity contribution is 0.0738. The summed E-state index contributed by atoms with van der Waals surface area (Å²) in [5.41, 5.74) is 8.00. The van der Waals surface area contributed by atoms with Gasteiger partial charge in [-0.2, -0.15) is 0 Å². The number of nitrogens with two attached hydrogens (primary N) is 1. The molecule has 0 spiro atoms. The molecule has 1 saturated heterocycles. The first-order chi connectivity index (χ1) is 8.06. The molecule has 0 aromatic rings. The van der Waals surface area contributed by atoms with Gasteiger partial charge in [0.2, 0.25) is 0 Å². The summed E-state index contributed by atoms with van der Waals surface area (Å²) in [4.78, 5) is 2.65. The van der Waals surface area contributed by atoms with Crippen molar-refractivity contribution >= 4 is 0 Å². The predicted octanol–water partition coefficient (Wildman–Crippen LogP) is 3.32. The molecule has 0 bridgehead atoms. The Kier molecular flexibility index (Phi) is 5.68. The molecule has 1 unspecified atom stereocenters. The van der Waals surface area contributed by atoms with Crippen LogP contribution in [0.15, 0.2) is 12.2 Å². The van der Waals surface area contributed by atoms with Crippen LogP contribution in [-0.2, 0) is 0 Å². The highest BCUT2D eigenvalue weighted by atomic mass is 15.2. The van der Waals surface area contributed by atoms with Crippen LogP contribution in [-0.4, -0.2) is 29.6 Å². The van der Waals surface area contributed by atoms with Crippen LogP contribution in [0.25, 0.3) is 0 Å². The van der Waals surface area contributed by atoms with E-state index in [0.717, 1.165) is 12.8 Å². The van der Waals surface area contributed by atoms with E-state index in [4.69, 9.17) is 5.73 Å². The van der Waals surface area contributed by atoms with E-state index in [1.165, 1.54) is 44.3 Å². The molecule has 0 amide bonds. The van der Waals surface area contributed by atoms with E-state index in [-0.39, 0.29) is 11.6 Å². The third-order valence-electron chi connectivity index (χ3n) is 4.53. The van der Waals surface area contributed by atoms with Gasteiger partial charge in [-0.1, -0.05) is 19.4 Å². The van der Waals surface area contributed by atoms with Crippen LogP contribution >= 0.6 is 0 Å². The lowest BCUT2D eigenvalue weighted by Gasteiger charge is -2.45. The number of allylic oxidation sites excluding steroid dienone is 1. The van der Waals surface area contributed by atoms with Crippen molar-refractivity contribution in [1.82, 2.24) is 4.90 Å². The van der Waals surface area contributed by atoms with Crippen LogP contribution in [0, 0.1) is 0 Å². The van der Waals surface area contributed by atoms with Gasteiger partial charge in [0.05, 0.1) is 0 Å². The Labute approximate surface area is 107 Å². The van der Waals surface area contributed by atoms with Gasteiger partial charge < -0.3 is 5.73 Å². The topological polar surface area (TPSA) is 29.3 Å². The third-order valence-corrected chi connectivity index (χ3v) is 4.53. The van der Waals surface area contributed by atoms with Crippen molar-refractivity contribution in [3.63, 3.8) is 0 Å². The van der Waals surface area contributed by atoms with Gasteiger partial charge in [-0.25, -0.2) is 0 Å². The van der Waals surface area contributed by atoms with E-state index in [0.29, 0.717) is 0 Å². The molecule has 0 aromatic carbocycles. The molecule has 17 heavy (non-hydrogen) atoms. The standard InChI is InChI=1S/C15H30N2/c1-5-15(6-2,17-11-7-8-12-17)14(16)10-9-13(3)4/h14H,3,5-12,16H2,1-2,4H3. The van der Waals surface area contributed by atoms with E-state index < -0.39 is 0 Å². The van der Waals surface area contributed by atoms with Gasteiger partial charge in [0.15, 0.2) is 0 Å². The van der Waals surface area contributed by atoms with Crippen molar-refractivity contribution in [3.8, 4) is 0 Å². The first-order valence-corrected chi connectivity index (χ1v) is 7.21. The Balaban J connectivity index is 2.70. The zero-order valence-electron chi connectivity index (χ0n) is 12.0. The fraction of sp³-hybridized carbons (Fsp3) is 0.867. The zero-order chi connectivity index (χ0) is 12.9. The minimum atomic E-state index is 0.228. The highest BCUT2D eigenvalue weighted by Gasteiger charge is 2.39. The molecule has 2 nitrogen and oxygen atoms in total. The fourth-order valence-electron chi connectivity index (χ4n) is 3.29. The van der Waals surface area contributed by atoms with E-state index in [1.807, 2.05) is 0 Å². The Morgan fingerprint density at radius 2 is 1.82 bits per heavy atom. The highest BCUT2D eigenvalue weighted by Crippen LogP contribution is 2.32. The normalized spacial score (nSPS) is 19.5. The molecule has 1 heterocycles. The number of likely N-dealkylation sites (tertiary alicyclic amines) is 1. The van der Waals surface area contributed by atoms with E-state index >= 15 is 0 Å². The number of rotatable bonds is 7. The zero-order valence-corrected chi connectivity index (χ0v) is 12.0. The molecule has 0 radical (unpaired) electrons. The van der Waals surface area contributed by atoms with Crippen LogP contribution in [0.5, 0.6) is 0 Å². The minimum absolute atomic E-state index is 0.228. The average molecular weight is 238 g/mol. The highest BCUT2D eigenvalue weighted by molar-refractivity contribution is 5.01. The van der Waals surface area contributed by atoms with Crippen LogP contribution in [0.3, 0.4) is 0 Å². The molecule has 1 fully saturated rings. The molecule has 0 saturated carbocycles. The van der Waals surface area contributed by atoms with Crippen molar-refractivity contribution < 1.29 is 0 Å². The van der Waals surface area contributed by atoms with Gasteiger partial charge in [0, 0.05) is 11.6 Å². The van der Waals surface area contributed by atoms with E-state index in [2.05, 4.69) is 32.3 Å². The second-order valence-electron chi connectivity index (χ2n) is 5.61. The smallest absolute Gasteiger partial charge is 0.0355 e. The molecular weight excluding hydrogens is 208 g/mol. The fourth-order valence-corrected chi connectivity index (χ4v) is 3.29. The molecule has 1 atom stereocenters. The van der Waals surface area contributed by atoms with Gasteiger partial charge in [0.25, 0.3) is 0 Å². The summed E-state index contributed by atoms with van der Waals surface area (Å²) in [5, 5.41) is 0. The van der Waals surface area contributed by atoms with Crippen LogP contribution in [0.2, 0.25) is 0 Å². The molecule has 100 valence electrons. The first kappa shape index (κ1) is 14.7. The lowest BCUT2D eigenvalue weighted by Crippen LogP contribution is -2.58. The van der Waals surface area contributed by atoms with E-state index in [9.17, 15) is 0 Å². The lowest BCUT2D eigenvalue weighted by atomic mass is 9.80. The quantitative estimate of drug-likeness (QED) is 0.689. The van der Waals surface area contributed by atoms with E-state index in [1.54, 1.807) is 0 Å². The summed E-state index contributed by atoms with van der Waals surface area (Å²) in [6.07, 6.45) is 7.16. The van der Waals surface area contributed by atoms with Gasteiger partial charge in [0.1, 0.15) is 0 Å². The maximum atomic E-state index is 6.52. The molecule has 2 N–H and O–H groups in total. The molecule has 1 rings (SSSR count).